The van der Waals surface area contributed by atoms with Crippen LogP contribution in [0.2, 0.25) is 0 Å². The Morgan fingerprint density at radius 2 is 2.00 bits per heavy atom. The third kappa shape index (κ3) is 1.85. The normalized spacial score (nSPS) is 33.2. The van der Waals surface area contributed by atoms with Gasteiger partial charge in [0.2, 0.25) is 0 Å². The number of carbonyl (C=O) groups excluding carboxylic acids is 2. The number of fused-ring (bicyclic) bond motifs is 1. The second-order valence-corrected chi connectivity index (χ2v) is 8.35. The number of allylic oxidation sites excluding steroid dienone is 1. The second-order valence-electron chi connectivity index (χ2n) is 5.99. The topological polar surface area (TPSA) is 74.7 Å². The molecule has 0 aliphatic carbocycles. The van der Waals surface area contributed by atoms with Gasteiger partial charge in [0.1, 0.15) is 11.4 Å². The van der Waals surface area contributed by atoms with Crippen LogP contribution in [0.4, 0.5) is 0 Å². The van der Waals surface area contributed by atoms with Gasteiger partial charge in [0.15, 0.2) is 5.78 Å². The first-order valence-electron chi connectivity index (χ1n) is 6.44. The van der Waals surface area contributed by atoms with Crippen LogP contribution in [-0.2, 0) is 14.4 Å². The molecule has 0 aromatic carbocycles. The van der Waals surface area contributed by atoms with Crippen LogP contribution in [0.1, 0.15) is 27.7 Å². The van der Waals surface area contributed by atoms with E-state index in [1.165, 1.54) is 11.0 Å². The van der Waals surface area contributed by atoms with E-state index >= 15 is 0 Å². The first kappa shape index (κ1) is 15.0. The van der Waals surface area contributed by atoms with E-state index in [1.807, 2.05) is 13.8 Å². The first-order chi connectivity index (χ1) is 9.10. The monoisotopic (exact) mass is 297 g/mol. The summed E-state index contributed by atoms with van der Waals surface area (Å²) in [4.78, 5) is 36.8. The lowest BCUT2D eigenvalue weighted by Gasteiger charge is -2.39. The van der Waals surface area contributed by atoms with Gasteiger partial charge in [-0.05, 0) is 19.9 Å². The van der Waals surface area contributed by atoms with Gasteiger partial charge in [-0.15, -0.1) is 0 Å². The first-order valence-corrected chi connectivity index (χ1v) is 7.90. The molecule has 0 aromatic rings. The van der Waals surface area contributed by atoms with Crippen LogP contribution in [0, 0.1) is 5.92 Å². The van der Waals surface area contributed by atoms with Gasteiger partial charge in [0.25, 0.3) is 5.91 Å². The van der Waals surface area contributed by atoms with E-state index in [9.17, 15) is 19.5 Å². The number of aliphatic carboxylic acids is 1. The Kier molecular flexibility index (Phi) is 3.40. The van der Waals surface area contributed by atoms with Crippen molar-refractivity contribution in [1.29, 1.82) is 0 Å². The predicted molar refractivity (Wildman–Crippen MR) is 78.8 cm³/mol. The Balaban J connectivity index is 2.41. The number of β-lactam (4-membered cyclic amide) rings is 1. The van der Waals surface area contributed by atoms with E-state index in [1.54, 1.807) is 13.8 Å². The molecular formula is C14H19NO4S. The molecule has 0 radical (unpaired) electrons. The van der Waals surface area contributed by atoms with E-state index in [0.29, 0.717) is 5.57 Å². The minimum Gasteiger partial charge on any atom is -0.480 e. The highest BCUT2D eigenvalue weighted by Crippen LogP contribution is 2.56. The molecule has 1 N–H and O–H groups in total. The standard InChI is InChI=1S/C14H19NO4S/c1-7(2)9(16)6-8-11(17)15-10(13(18)19)14(3,4)20(5)12(8)15/h6-7,10,12H,5H2,1-4H3,(H,18,19)/t10-,12+,20?/m0/s1. The minimum atomic E-state index is -1.01. The molecule has 2 fully saturated rings. The summed E-state index contributed by atoms with van der Waals surface area (Å²) in [6.07, 6.45) is 1.37. The van der Waals surface area contributed by atoms with Gasteiger partial charge in [-0.2, -0.15) is 10.5 Å². The quantitative estimate of drug-likeness (QED) is 0.483. The maximum atomic E-state index is 12.2. The number of rotatable bonds is 3. The molecule has 0 spiro atoms. The number of ketones is 1. The zero-order chi connectivity index (χ0) is 15.4. The minimum absolute atomic E-state index is 0.110. The average molecular weight is 297 g/mol. The van der Waals surface area contributed by atoms with Gasteiger partial charge in [0.05, 0.1) is 5.57 Å². The van der Waals surface area contributed by atoms with Crippen molar-refractivity contribution in [1.82, 2.24) is 4.90 Å². The number of carboxylic acid groups (broad SMARTS) is 1. The fourth-order valence-electron chi connectivity index (χ4n) is 2.62. The molecule has 1 unspecified atom stereocenters. The molecule has 2 aliphatic heterocycles. The summed E-state index contributed by atoms with van der Waals surface area (Å²) in [7, 11) is -0.549. The van der Waals surface area contributed by atoms with Crippen molar-refractivity contribution in [2.45, 2.75) is 43.9 Å². The van der Waals surface area contributed by atoms with E-state index in [2.05, 4.69) is 5.87 Å². The molecule has 110 valence electrons. The van der Waals surface area contributed by atoms with E-state index in [-0.39, 0.29) is 23.0 Å². The molecule has 1 amide bonds. The summed E-state index contributed by atoms with van der Waals surface area (Å²) in [6.45, 7) is 7.16. The smallest absolute Gasteiger partial charge is 0.327 e. The van der Waals surface area contributed by atoms with Crippen LogP contribution in [0.5, 0.6) is 0 Å². The Labute approximate surface area is 120 Å². The van der Waals surface area contributed by atoms with Gasteiger partial charge in [0, 0.05) is 10.7 Å². The van der Waals surface area contributed by atoms with E-state index in [0.717, 1.165) is 0 Å². The summed E-state index contributed by atoms with van der Waals surface area (Å²) in [5, 5.41) is 9.03. The molecule has 5 nitrogen and oxygen atoms in total. The van der Waals surface area contributed by atoms with Crippen molar-refractivity contribution >= 4 is 34.0 Å². The Hall–Kier alpha value is -1.43. The Morgan fingerprint density at radius 3 is 2.45 bits per heavy atom. The fraction of sp³-hybridized carbons (Fsp3) is 0.571. The highest BCUT2D eigenvalue weighted by molar-refractivity contribution is 8.16. The van der Waals surface area contributed by atoms with Crippen molar-refractivity contribution in [3.05, 3.63) is 11.6 Å². The number of hydrogen-bond acceptors (Lipinski definition) is 3. The molecule has 2 heterocycles. The highest BCUT2D eigenvalue weighted by Gasteiger charge is 2.62. The molecule has 20 heavy (non-hydrogen) atoms. The lowest BCUT2D eigenvalue weighted by Crippen LogP contribution is -2.58. The van der Waals surface area contributed by atoms with Gasteiger partial charge >= 0.3 is 5.97 Å². The molecule has 2 aliphatic rings. The second kappa shape index (κ2) is 4.55. The van der Waals surface area contributed by atoms with Crippen LogP contribution in [0.25, 0.3) is 0 Å². The molecule has 2 rings (SSSR count). The lowest BCUT2D eigenvalue weighted by atomic mass is 9.94. The van der Waals surface area contributed by atoms with Gasteiger partial charge in [-0.1, -0.05) is 19.7 Å². The highest BCUT2D eigenvalue weighted by atomic mass is 32.2. The summed E-state index contributed by atoms with van der Waals surface area (Å²) < 4.78 is -0.595. The largest absolute Gasteiger partial charge is 0.480 e. The van der Waals surface area contributed by atoms with Gasteiger partial charge in [-0.3, -0.25) is 9.59 Å². The third-order valence-corrected chi connectivity index (χ3v) is 6.58. The molecule has 0 aromatic heterocycles. The predicted octanol–water partition coefficient (Wildman–Crippen LogP) is 1.25. The number of nitrogens with zero attached hydrogens (tertiary/aromatic N) is 1. The Morgan fingerprint density at radius 1 is 1.45 bits per heavy atom. The summed E-state index contributed by atoms with van der Waals surface area (Å²) in [5.41, 5.74) is 0.416. The van der Waals surface area contributed by atoms with Crippen molar-refractivity contribution in [2.24, 2.45) is 5.92 Å². The molecule has 2 saturated heterocycles. The number of hydrogen-bond donors (Lipinski definition) is 1. The van der Waals surface area contributed by atoms with Crippen LogP contribution in [0.15, 0.2) is 11.6 Å². The van der Waals surface area contributed by atoms with Crippen molar-refractivity contribution in [3.8, 4) is 0 Å². The lowest BCUT2D eigenvalue weighted by molar-refractivity contribution is -0.152. The van der Waals surface area contributed by atoms with Crippen LogP contribution >= 0.6 is 10.5 Å². The molecule has 0 saturated carbocycles. The fourth-order valence-corrected chi connectivity index (χ4v) is 4.67. The van der Waals surface area contributed by atoms with Gasteiger partial charge < -0.3 is 10.0 Å². The van der Waals surface area contributed by atoms with Crippen LogP contribution in [0.3, 0.4) is 0 Å². The van der Waals surface area contributed by atoms with Gasteiger partial charge in [-0.25, -0.2) is 4.79 Å². The van der Waals surface area contributed by atoms with Crippen molar-refractivity contribution in [2.75, 3.05) is 0 Å². The summed E-state index contributed by atoms with van der Waals surface area (Å²) >= 11 is 0. The summed E-state index contributed by atoms with van der Waals surface area (Å²) in [5.74, 6) is 2.41. The maximum absolute atomic E-state index is 12.2. The van der Waals surface area contributed by atoms with Crippen molar-refractivity contribution < 1.29 is 19.5 Å². The van der Waals surface area contributed by atoms with Crippen molar-refractivity contribution in [3.63, 3.8) is 0 Å². The van der Waals surface area contributed by atoms with Crippen LogP contribution in [-0.4, -0.2) is 49.7 Å². The zero-order valence-electron chi connectivity index (χ0n) is 12.0. The van der Waals surface area contributed by atoms with E-state index < -0.39 is 27.2 Å². The molecule has 6 heteroatoms. The third-order valence-electron chi connectivity index (χ3n) is 3.98. The summed E-state index contributed by atoms with van der Waals surface area (Å²) in [6, 6.07) is -0.868. The number of carboxylic acids is 1. The molecular weight excluding hydrogens is 278 g/mol. The van der Waals surface area contributed by atoms with E-state index in [4.69, 9.17) is 0 Å². The number of amides is 1. The maximum Gasteiger partial charge on any atom is 0.327 e. The SMILES string of the molecule is C=S1[C@@H]2C(=CC(=O)C(C)C)C(=O)N2[C@@H](C(=O)O)C1(C)C. The zero-order valence-corrected chi connectivity index (χ0v) is 12.9. The Bertz CT molecular complexity index is 562. The van der Waals surface area contributed by atoms with Crippen LogP contribution < -0.4 is 0 Å². The molecule has 3 atom stereocenters. The number of carbonyl (C=O) groups is 3. The molecule has 0 bridgehead atoms. The average Bonchev–Trinajstić information content (AvgIpc) is 2.52.